The van der Waals surface area contributed by atoms with Gasteiger partial charge in [0.25, 0.3) is 0 Å². The molecule has 0 aliphatic carbocycles. The topological polar surface area (TPSA) is 94.7 Å². The summed E-state index contributed by atoms with van der Waals surface area (Å²) in [5, 5.41) is 22.2. The van der Waals surface area contributed by atoms with Crippen molar-refractivity contribution in [1.82, 2.24) is 0 Å². The maximum absolute atomic E-state index is 15.1. The smallest absolute Gasteiger partial charge is 0.337 e. The van der Waals surface area contributed by atoms with Crippen molar-refractivity contribution in [1.29, 1.82) is 0 Å². The fourth-order valence-corrected chi connectivity index (χ4v) is 4.42. The minimum atomic E-state index is -1.10. The van der Waals surface area contributed by atoms with Gasteiger partial charge < -0.3 is 20.0 Å². The molecule has 9 heteroatoms. The van der Waals surface area contributed by atoms with Crippen LogP contribution in [0.15, 0.2) is 16.2 Å². The van der Waals surface area contributed by atoms with E-state index in [0.717, 1.165) is 0 Å². The van der Waals surface area contributed by atoms with Crippen LogP contribution < -0.4 is 4.90 Å². The van der Waals surface area contributed by atoms with Crippen LogP contribution in [0.5, 0.6) is 0 Å². The molecule has 27 heavy (non-hydrogen) atoms. The Bertz CT molecular complexity index is 817. The van der Waals surface area contributed by atoms with Crippen molar-refractivity contribution in [2.45, 2.75) is 39.4 Å². The lowest BCUT2D eigenvalue weighted by Crippen LogP contribution is -2.46. The highest BCUT2D eigenvalue weighted by molar-refractivity contribution is 8.15. The summed E-state index contributed by atoms with van der Waals surface area (Å²) in [4.78, 5) is 17.9. The van der Waals surface area contributed by atoms with Gasteiger partial charge in [-0.2, -0.15) is 0 Å². The molecule has 2 heterocycles. The Morgan fingerprint density at radius 3 is 2.67 bits per heavy atom. The number of hydrogen-bond donors (Lipinski definition) is 2. The van der Waals surface area contributed by atoms with E-state index in [1.807, 2.05) is 18.7 Å². The molecule has 0 bridgehead atoms. The molecule has 1 aromatic rings. The van der Waals surface area contributed by atoms with Gasteiger partial charge in [-0.25, -0.2) is 14.2 Å². The summed E-state index contributed by atoms with van der Waals surface area (Å²) in [6, 6.07) is 1.39. The van der Waals surface area contributed by atoms with Gasteiger partial charge in [-0.1, -0.05) is 5.16 Å². The summed E-state index contributed by atoms with van der Waals surface area (Å²) in [5.74, 6) is -0.836. The first-order chi connectivity index (χ1) is 12.8. The SMILES string of the molecule is Cc1c(F)c(CC2=NC(=NO)CS2)cc(C(=O)O)c1N1C[C@@H](C)O[C@@H](C)C1. The lowest BCUT2D eigenvalue weighted by atomic mass is 9.98. The second-order valence-electron chi connectivity index (χ2n) is 6.83. The second kappa shape index (κ2) is 7.85. The van der Waals surface area contributed by atoms with Crippen molar-refractivity contribution in [3.05, 3.63) is 28.6 Å². The van der Waals surface area contributed by atoms with Gasteiger partial charge >= 0.3 is 5.97 Å². The minimum absolute atomic E-state index is 0.0713. The van der Waals surface area contributed by atoms with E-state index >= 15 is 4.39 Å². The monoisotopic (exact) mass is 395 g/mol. The van der Waals surface area contributed by atoms with Crippen LogP contribution in [0.2, 0.25) is 0 Å². The van der Waals surface area contributed by atoms with Crippen molar-refractivity contribution >= 4 is 34.3 Å². The molecule has 0 amide bonds. The summed E-state index contributed by atoms with van der Waals surface area (Å²) in [7, 11) is 0. The number of anilines is 1. The Balaban J connectivity index is 2.01. The Morgan fingerprint density at radius 1 is 1.44 bits per heavy atom. The molecule has 0 unspecified atom stereocenters. The van der Waals surface area contributed by atoms with E-state index in [0.29, 0.717) is 35.1 Å². The number of ether oxygens (including phenoxy) is 1. The number of carbonyl (C=O) groups is 1. The number of aromatic carboxylic acids is 1. The second-order valence-corrected chi connectivity index (χ2v) is 7.87. The highest BCUT2D eigenvalue weighted by atomic mass is 32.2. The van der Waals surface area contributed by atoms with Crippen molar-refractivity contribution in [3.8, 4) is 0 Å². The molecule has 2 N–H and O–H groups in total. The molecule has 0 radical (unpaired) electrons. The Hall–Kier alpha value is -2.13. The van der Waals surface area contributed by atoms with Gasteiger partial charge in [-0.05, 0) is 32.4 Å². The van der Waals surface area contributed by atoms with Gasteiger partial charge in [0.05, 0.1) is 34.3 Å². The zero-order chi connectivity index (χ0) is 19.7. The molecule has 7 nitrogen and oxygen atoms in total. The summed E-state index contributed by atoms with van der Waals surface area (Å²) in [6.07, 6.45) is 0.0169. The van der Waals surface area contributed by atoms with Gasteiger partial charge in [0.1, 0.15) is 5.82 Å². The molecular weight excluding hydrogens is 373 g/mol. The van der Waals surface area contributed by atoms with E-state index in [9.17, 15) is 9.90 Å². The van der Waals surface area contributed by atoms with Gasteiger partial charge in [0.15, 0.2) is 5.84 Å². The maximum Gasteiger partial charge on any atom is 0.337 e. The number of morpholine rings is 1. The van der Waals surface area contributed by atoms with Crippen LogP contribution in [0.4, 0.5) is 10.1 Å². The van der Waals surface area contributed by atoms with Crippen LogP contribution in [-0.4, -0.2) is 58.2 Å². The van der Waals surface area contributed by atoms with E-state index in [4.69, 9.17) is 9.94 Å². The first-order valence-corrected chi connectivity index (χ1v) is 9.65. The number of aliphatic imine (C=N–C) groups is 1. The Labute approximate surface area is 160 Å². The number of benzene rings is 1. The highest BCUT2D eigenvalue weighted by Crippen LogP contribution is 2.33. The predicted molar refractivity (Wildman–Crippen MR) is 103 cm³/mol. The molecule has 146 valence electrons. The molecule has 1 fully saturated rings. The lowest BCUT2D eigenvalue weighted by Gasteiger charge is -2.38. The number of thioether (sulfide) groups is 1. The van der Waals surface area contributed by atoms with Gasteiger partial charge in [-0.3, -0.25) is 0 Å². The number of nitrogens with zero attached hydrogens (tertiary/aromatic N) is 3. The number of oxime groups is 1. The lowest BCUT2D eigenvalue weighted by molar-refractivity contribution is -0.00537. The Morgan fingerprint density at radius 2 is 2.11 bits per heavy atom. The molecule has 0 aromatic heterocycles. The zero-order valence-electron chi connectivity index (χ0n) is 15.4. The first kappa shape index (κ1) is 19.6. The van der Waals surface area contributed by atoms with Crippen LogP contribution in [0.25, 0.3) is 0 Å². The highest BCUT2D eigenvalue weighted by Gasteiger charge is 2.29. The third-order valence-electron chi connectivity index (χ3n) is 4.59. The third kappa shape index (κ3) is 4.08. The van der Waals surface area contributed by atoms with Gasteiger partial charge in [0, 0.05) is 25.1 Å². The fourth-order valence-electron chi connectivity index (χ4n) is 3.57. The molecule has 1 aromatic carbocycles. The largest absolute Gasteiger partial charge is 0.478 e. The predicted octanol–water partition coefficient (Wildman–Crippen LogP) is 2.92. The van der Waals surface area contributed by atoms with Crippen molar-refractivity contribution in [3.63, 3.8) is 0 Å². The summed E-state index contributed by atoms with van der Waals surface area (Å²) in [6.45, 7) is 6.44. The number of carboxylic acids is 1. The van der Waals surface area contributed by atoms with Crippen LogP contribution >= 0.6 is 11.8 Å². The first-order valence-electron chi connectivity index (χ1n) is 8.67. The van der Waals surface area contributed by atoms with E-state index in [-0.39, 0.29) is 35.6 Å². The average Bonchev–Trinajstić information content (AvgIpc) is 3.05. The molecule has 1 saturated heterocycles. The van der Waals surface area contributed by atoms with E-state index in [1.165, 1.54) is 17.8 Å². The molecule has 2 aliphatic rings. The summed E-state index contributed by atoms with van der Waals surface area (Å²) >= 11 is 1.35. The number of carboxylic acid groups (broad SMARTS) is 1. The third-order valence-corrected chi connectivity index (χ3v) is 5.56. The normalized spacial score (nSPS) is 24.4. The van der Waals surface area contributed by atoms with E-state index in [1.54, 1.807) is 6.92 Å². The molecule has 0 spiro atoms. The van der Waals surface area contributed by atoms with Crippen LogP contribution in [0.3, 0.4) is 0 Å². The number of rotatable bonds is 4. The maximum atomic E-state index is 15.1. The fraction of sp³-hybridized carbons (Fsp3) is 0.500. The average molecular weight is 395 g/mol. The van der Waals surface area contributed by atoms with Crippen molar-refractivity contribution in [2.24, 2.45) is 10.1 Å². The molecule has 2 atom stereocenters. The zero-order valence-corrected chi connectivity index (χ0v) is 16.2. The molecule has 0 saturated carbocycles. The van der Waals surface area contributed by atoms with E-state index in [2.05, 4.69) is 10.1 Å². The van der Waals surface area contributed by atoms with Crippen LogP contribution in [-0.2, 0) is 11.2 Å². The number of halogens is 1. The van der Waals surface area contributed by atoms with Gasteiger partial charge in [-0.15, -0.1) is 11.8 Å². The number of amidine groups is 1. The standard InChI is InChI=1S/C18H22FN3O4S/c1-9-6-22(7-10(2)26-9)17-11(3)16(19)12(4-13(17)18(23)24)5-15-20-14(21-25)8-27-15/h4,9-10,25H,5-8H2,1-3H3,(H,23,24)/t9-,10+. The van der Waals surface area contributed by atoms with Crippen molar-refractivity contribution in [2.75, 3.05) is 23.7 Å². The molecule has 3 rings (SSSR count). The molecule has 2 aliphatic heterocycles. The van der Waals surface area contributed by atoms with Crippen LogP contribution in [0.1, 0.15) is 35.3 Å². The minimum Gasteiger partial charge on any atom is -0.478 e. The van der Waals surface area contributed by atoms with Crippen molar-refractivity contribution < 1.29 is 24.2 Å². The summed E-state index contributed by atoms with van der Waals surface area (Å²) < 4.78 is 20.8. The number of hydrogen-bond acceptors (Lipinski definition) is 6. The van der Waals surface area contributed by atoms with E-state index < -0.39 is 11.8 Å². The van der Waals surface area contributed by atoms with Crippen LogP contribution in [0, 0.1) is 12.7 Å². The molecular formula is C18H22FN3O4S. The quantitative estimate of drug-likeness (QED) is 0.601. The Kier molecular flexibility index (Phi) is 5.71. The van der Waals surface area contributed by atoms with Gasteiger partial charge in [0.2, 0.25) is 0 Å². The summed E-state index contributed by atoms with van der Waals surface area (Å²) in [5.41, 5.74) is 1.06.